The van der Waals surface area contributed by atoms with E-state index in [1.165, 1.54) is 12.3 Å². The van der Waals surface area contributed by atoms with Gasteiger partial charge in [0.15, 0.2) is 6.23 Å². The number of quaternary nitrogens is 1. The van der Waals surface area contributed by atoms with Gasteiger partial charge in [0.25, 0.3) is 7.82 Å². The first kappa shape index (κ1) is 26.0. The molecule has 1 aromatic rings. The van der Waals surface area contributed by atoms with Crippen molar-refractivity contribution in [2.45, 2.75) is 24.5 Å². The first-order valence-corrected chi connectivity index (χ1v) is 11.9. The number of rotatable bonds is 10. The number of aromatic nitrogens is 2. The van der Waals surface area contributed by atoms with Crippen molar-refractivity contribution in [2.75, 3.05) is 46.6 Å². The van der Waals surface area contributed by atoms with Crippen molar-refractivity contribution in [3.05, 3.63) is 22.7 Å². The van der Waals surface area contributed by atoms with E-state index < -0.39 is 52.5 Å². The maximum atomic E-state index is 12.0. The highest BCUT2D eigenvalue weighted by molar-refractivity contribution is 7.60. The van der Waals surface area contributed by atoms with Crippen molar-refractivity contribution >= 4 is 21.5 Å². The second-order valence-electron chi connectivity index (χ2n) is 7.73. The molecule has 15 nitrogen and oxygen atoms in total. The van der Waals surface area contributed by atoms with Gasteiger partial charge in [-0.3, -0.25) is 13.7 Å². The van der Waals surface area contributed by atoms with E-state index in [1.807, 2.05) is 0 Å². The number of anilines is 1. The number of ether oxygens (including phenoxy) is 1. The number of phosphoric ester groups is 2. The number of aliphatic hydroxyl groups excluding tert-OH is 2. The molecule has 2 unspecified atom stereocenters. The Bertz CT molecular complexity index is 920. The minimum absolute atomic E-state index is 0.0711. The van der Waals surface area contributed by atoms with Crippen LogP contribution in [-0.4, -0.2) is 88.4 Å². The van der Waals surface area contributed by atoms with Crippen LogP contribution in [0.2, 0.25) is 0 Å². The lowest BCUT2D eigenvalue weighted by Gasteiger charge is -2.28. The van der Waals surface area contributed by atoms with Gasteiger partial charge in [-0.1, -0.05) is 0 Å². The van der Waals surface area contributed by atoms with Gasteiger partial charge in [0.1, 0.15) is 37.3 Å². The van der Waals surface area contributed by atoms with Gasteiger partial charge in [-0.05, 0) is 6.07 Å². The first-order valence-electron chi connectivity index (χ1n) is 8.91. The quantitative estimate of drug-likeness (QED) is 0.203. The zero-order valence-electron chi connectivity index (χ0n) is 17.0. The smallest absolute Gasteiger partial charge is 0.478 e. The third kappa shape index (κ3) is 7.70. The number of aliphatic hydroxyl groups is 2. The van der Waals surface area contributed by atoms with Crippen LogP contribution in [0, 0.1) is 0 Å². The second kappa shape index (κ2) is 9.73. The highest BCUT2D eigenvalue weighted by Gasteiger charge is 2.45. The molecule has 0 bridgehead atoms. The molecule has 0 amide bonds. The number of likely N-dealkylation sites (N-methyl/N-ethyl adjacent to an activating group) is 1. The Morgan fingerprint density at radius 3 is 2.52 bits per heavy atom. The van der Waals surface area contributed by atoms with Crippen LogP contribution in [0.25, 0.3) is 0 Å². The van der Waals surface area contributed by atoms with Crippen LogP contribution in [0.3, 0.4) is 0 Å². The van der Waals surface area contributed by atoms with E-state index in [1.54, 1.807) is 21.1 Å². The summed E-state index contributed by atoms with van der Waals surface area (Å²) in [5, 5.41) is 20.2. The predicted octanol–water partition coefficient (Wildman–Crippen LogP) is -2.23. The van der Waals surface area contributed by atoms with Crippen LogP contribution in [0.5, 0.6) is 0 Å². The summed E-state index contributed by atoms with van der Waals surface area (Å²) in [6.07, 6.45) is -4.89. The molecule has 0 saturated carbocycles. The van der Waals surface area contributed by atoms with Gasteiger partial charge in [0.05, 0.1) is 27.7 Å². The molecular formula is C14H26N4O11P2. The minimum Gasteiger partial charge on any atom is -0.756 e. The molecular weight excluding hydrogens is 462 g/mol. The Hall–Kier alpha value is -1.22. The van der Waals surface area contributed by atoms with E-state index in [2.05, 4.69) is 18.3 Å². The number of hydrogen-bond donors (Lipinski definition) is 4. The van der Waals surface area contributed by atoms with Crippen molar-refractivity contribution in [1.29, 1.82) is 0 Å². The van der Waals surface area contributed by atoms with Gasteiger partial charge < -0.3 is 39.5 Å². The molecule has 5 N–H and O–H groups in total. The van der Waals surface area contributed by atoms with E-state index in [4.69, 9.17) is 10.5 Å². The summed E-state index contributed by atoms with van der Waals surface area (Å²) in [6.45, 7) is -0.877. The Morgan fingerprint density at radius 1 is 1.29 bits per heavy atom. The maximum Gasteiger partial charge on any atom is 0.478 e. The Balaban J connectivity index is 1.96. The lowest BCUT2D eigenvalue weighted by molar-refractivity contribution is -0.870. The average Bonchev–Trinajstić information content (AvgIpc) is 2.86. The first-order chi connectivity index (χ1) is 14.1. The Labute approximate surface area is 177 Å². The van der Waals surface area contributed by atoms with E-state index in [0.29, 0.717) is 4.48 Å². The topological polar surface area (TPSA) is 216 Å². The third-order valence-electron chi connectivity index (χ3n) is 4.08. The third-order valence-corrected chi connectivity index (χ3v) is 6.68. The molecule has 17 heteroatoms. The van der Waals surface area contributed by atoms with Gasteiger partial charge in [0.2, 0.25) is 0 Å². The van der Waals surface area contributed by atoms with Crippen molar-refractivity contribution in [3.8, 4) is 0 Å². The zero-order chi connectivity index (χ0) is 23.6. The fourth-order valence-corrected chi connectivity index (χ4v) is 4.51. The minimum atomic E-state index is -5.18. The van der Waals surface area contributed by atoms with Gasteiger partial charge in [-0.2, -0.15) is 4.98 Å². The highest BCUT2D eigenvalue weighted by atomic mass is 31.3. The van der Waals surface area contributed by atoms with Crippen molar-refractivity contribution < 1.29 is 51.7 Å². The van der Waals surface area contributed by atoms with Gasteiger partial charge >= 0.3 is 13.5 Å². The molecule has 1 fully saturated rings. The monoisotopic (exact) mass is 488 g/mol. The molecule has 1 aliphatic rings. The lowest BCUT2D eigenvalue weighted by atomic mass is 10.1. The molecule has 2 heterocycles. The van der Waals surface area contributed by atoms with Crippen LogP contribution < -0.4 is 16.3 Å². The Kier molecular flexibility index (Phi) is 8.17. The van der Waals surface area contributed by atoms with Crippen molar-refractivity contribution in [2.24, 2.45) is 0 Å². The maximum absolute atomic E-state index is 12.0. The summed E-state index contributed by atoms with van der Waals surface area (Å²) in [4.78, 5) is 36.7. The summed E-state index contributed by atoms with van der Waals surface area (Å²) in [5.41, 5.74) is 4.52. The largest absolute Gasteiger partial charge is 0.756 e. The van der Waals surface area contributed by atoms with Crippen molar-refractivity contribution in [3.63, 3.8) is 0 Å². The van der Waals surface area contributed by atoms with Crippen LogP contribution in [-0.2, 0) is 27.2 Å². The molecule has 1 aliphatic heterocycles. The summed E-state index contributed by atoms with van der Waals surface area (Å²) in [6, 6.07) is 1.26. The summed E-state index contributed by atoms with van der Waals surface area (Å²) in [5.74, 6) is -0.0711. The molecule has 1 aromatic heterocycles. The van der Waals surface area contributed by atoms with E-state index in [-0.39, 0.29) is 19.0 Å². The number of nitrogens with zero attached hydrogens (tertiary/aromatic N) is 3. The van der Waals surface area contributed by atoms with Crippen molar-refractivity contribution in [1.82, 2.24) is 9.55 Å². The average molecular weight is 488 g/mol. The normalized spacial score (nSPS) is 28.2. The Morgan fingerprint density at radius 2 is 1.94 bits per heavy atom. The molecule has 31 heavy (non-hydrogen) atoms. The van der Waals surface area contributed by atoms with Gasteiger partial charge in [-0.15, -0.1) is 0 Å². The predicted molar refractivity (Wildman–Crippen MR) is 102 cm³/mol. The molecule has 6 atom stereocenters. The van der Waals surface area contributed by atoms with E-state index in [0.717, 1.165) is 4.57 Å². The zero-order valence-corrected chi connectivity index (χ0v) is 18.8. The molecule has 0 radical (unpaired) electrons. The van der Waals surface area contributed by atoms with E-state index >= 15 is 0 Å². The summed E-state index contributed by atoms with van der Waals surface area (Å²) >= 11 is 0. The molecule has 0 aromatic carbocycles. The SMILES string of the molecule is C[N+](C)(C)CCOP(=O)([O-])OP(=O)(O)OC[C@@H]1O[C@@H](n2ccc(N)nc2=O)[C@@H](O)[C@H]1O. The van der Waals surface area contributed by atoms with Crippen LogP contribution in [0.1, 0.15) is 6.23 Å². The number of nitrogens with two attached hydrogens (primary N) is 1. The standard InChI is InChI=1S/C14H26N4O11P2/c1-18(2,3)6-7-26-30(22,23)29-31(24,25)27-8-9-11(19)12(20)13(28-9)17-5-4-10(15)16-14(17)21/h4-5,9,11-13,19-20H,6-8H2,1-3H3,(H3-,15,16,21,22,23,24,25)/t9-,11-,12-,13+/m0/s1. The fourth-order valence-electron chi connectivity index (χ4n) is 2.48. The van der Waals surface area contributed by atoms with Gasteiger partial charge in [0, 0.05) is 6.20 Å². The second-order valence-corrected chi connectivity index (χ2v) is 10.7. The lowest BCUT2D eigenvalue weighted by Crippen LogP contribution is -2.37. The highest BCUT2D eigenvalue weighted by Crippen LogP contribution is 2.58. The van der Waals surface area contributed by atoms with Crippen LogP contribution in [0.15, 0.2) is 17.1 Å². The number of nitrogen functional groups attached to an aromatic ring is 1. The van der Waals surface area contributed by atoms with Crippen LogP contribution >= 0.6 is 15.6 Å². The molecule has 1 saturated heterocycles. The summed E-state index contributed by atoms with van der Waals surface area (Å²) in [7, 11) is -5.01. The van der Waals surface area contributed by atoms with Crippen LogP contribution in [0.4, 0.5) is 5.82 Å². The fraction of sp³-hybridized carbons (Fsp3) is 0.714. The number of phosphoric acid groups is 2. The summed E-state index contributed by atoms with van der Waals surface area (Å²) < 4.78 is 43.4. The van der Waals surface area contributed by atoms with E-state index in [9.17, 15) is 33.9 Å². The molecule has 178 valence electrons. The molecule has 0 spiro atoms. The molecule has 2 rings (SSSR count). The van der Waals surface area contributed by atoms with Gasteiger partial charge in [-0.25, -0.2) is 13.7 Å². The number of hydrogen-bond acceptors (Lipinski definition) is 12. The molecule has 0 aliphatic carbocycles.